The van der Waals surface area contributed by atoms with Gasteiger partial charge in [-0.1, -0.05) is 6.07 Å². The minimum atomic E-state index is -0.323. The molecule has 1 amide bonds. The molecule has 1 aromatic carbocycles. The second-order valence-corrected chi connectivity index (χ2v) is 6.50. The number of fused-ring (bicyclic) bond motifs is 1. The van der Waals surface area contributed by atoms with Crippen LogP contribution >= 0.6 is 0 Å². The van der Waals surface area contributed by atoms with Crippen LogP contribution in [-0.2, 0) is 4.79 Å². The number of aromatic hydroxyl groups is 1. The van der Waals surface area contributed by atoms with Crippen LogP contribution in [0.1, 0.15) is 36.1 Å². The Balaban J connectivity index is 1.84. The van der Waals surface area contributed by atoms with Crippen molar-refractivity contribution in [2.75, 3.05) is 11.9 Å². The third-order valence-corrected chi connectivity index (χ3v) is 4.67. The summed E-state index contributed by atoms with van der Waals surface area (Å²) in [5, 5.41) is 23.7. The van der Waals surface area contributed by atoms with Gasteiger partial charge in [-0.2, -0.15) is 14.9 Å². The highest BCUT2D eigenvalue weighted by Gasteiger charge is 2.33. The maximum atomic E-state index is 12.4. The number of aromatic amines is 1. The first-order valence-electron chi connectivity index (χ1n) is 8.89. The van der Waals surface area contributed by atoms with E-state index in [0.717, 1.165) is 16.8 Å². The van der Waals surface area contributed by atoms with Crippen molar-refractivity contribution < 1.29 is 14.6 Å². The molecule has 0 aliphatic carbocycles. The lowest BCUT2D eigenvalue weighted by Crippen LogP contribution is -2.25. The van der Waals surface area contributed by atoms with E-state index in [4.69, 9.17) is 4.74 Å². The number of aromatic nitrogens is 4. The maximum Gasteiger partial charge on any atom is 0.264 e. The third-order valence-electron chi connectivity index (χ3n) is 4.67. The molecule has 1 aliphatic rings. The van der Waals surface area contributed by atoms with Crippen molar-refractivity contribution in [1.82, 2.24) is 20.0 Å². The number of amides is 1. The zero-order valence-electron chi connectivity index (χ0n) is 15.4. The van der Waals surface area contributed by atoms with Crippen molar-refractivity contribution in [2.24, 2.45) is 0 Å². The van der Waals surface area contributed by atoms with E-state index in [1.807, 2.05) is 13.8 Å². The summed E-state index contributed by atoms with van der Waals surface area (Å²) in [5.41, 5.74) is 2.12. The molecule has 9 heteroatoms. The second-order valence-electron chi connectivity index (χ2n) is 6.50. The number of rotatable bonds is 4. The number of H-pyrrole nitrogens is 1. The van der Waals surface area contributed by atoms with Gasteiger partial charge in [0.2, 0.25) is 5.91 Å². The lowest BCUT2D eigenvalue weighted by Gasteiger charge is -2.24. The predicted molar refractivity (Wildman–Crippen MR) is 101 cm³/mol. The zero-order valence-corrected chi connectivity index (χ0v) is 15.4. The van der Waals surface area contributed by atoms with Crippen LogP contribution < -0.4 is 15.6 Å². The van der Waals surface area contributed by atoms with Gasteiger partial charge in [-0.15, -0.1) is 0 Å². The highest BCUT2D eigenvalue weighted by molar-refractivity contribution is 5.95. The highest BCUT2D eigenvalue weighted by Crippen LogP contribution is 2.42. The fourth-order valence-electron chi connectivity index (χ4n) is 3.47. The van der Waals surface area contributed by atoms with Gasteiger partial charge in [-0.3, -0.25) is 9.59 Å². The van der Waals surface area contributed by atoms with Crippen LogP contribution in [0.15, 0.2) is 35.1 Å². The fourth-order valence-corrected chi connectivity index (χ4v) is 3.47. The zero-order chi connectivity index (χ0) is 19.8. The molecule has 28 heavy (non-hydrogen) atoms. The molecule has 0 spiro atoms. The molecule has 144 valence electrons. The quantitative estimate of drug-likeness (QED) is 0.634. The smallest absolute Gasteiger partial charge is 0.264 e. The van der Waals surface area contributed by atoms with Gasteiger partial charge >= 0.3 is 0 Å². The van der Waals surface area contributed by atoms with Crippen LogP contribution in [0.5, 0.6) is 11.5 Å². The molecular formula is C19H19N5O4. The van der Waals surface area contributed by atoms with E-state index in [0.29, 0.717) is 24.0 Å². The largest absolute Gasteiger partial charge is 0.504 e. The lowest BCUT2D eigenvalue weighted by molar-refractivity contribution is -0.116. The molecule has 3 N–H and O–H groups in total. The summed E-state index contributed by atoms with van der Waals surface area (Å²) in [6, 6.07) is 7.98. The van der Waals surface area contributed by atoms with E-state index >= 15 is 0 Å². The number of nitrogens with zero attached hydrogens (tertiary/aromatic N) is 3. The van der Waals surface area contributed by atoms with E-state index in [2.05, 4.69) is 20.6 Å². The molecule has 2 aromatic heterocycles. The topological polar surface area (TPSA) is 122 Å². The first kappa shape index (κ1) is 17.8. The summed E-state index contributed by atoms with van der Waals surface area (Å²) >= 11 is 0. The van der Waals surface area contributed by atoms with Gasteiger partial charge in [0.05, 0.1) is 12.3 Å². The summed E-state index contributed by atoms with van der Waals surface area (Å²) < 4.78 is 6.99. The molecular weight excluding hydrogens is 362 g/mol. The van der Waals surface area contributed by atoms with Crippen LogP contribution in [0, 0.1) is 6.92 Å². The van der Waals surface area contributed by atoms with Crippen LogP contribution in [0.2, 0.25) is 0 Å². The molecule has 0 radical (unpaired) electrons. The Bertz CT molecular complexity index is 1100. The summed E-state index contributed by atoms with van der Waals surface area (Å²) in [7, 11) is 0. The minimum absolute atomic E-state index is 0.0518. The summed E-state index contributed by atoms with van der Waals surface area (Å²) in [6.45, 7) is 4.11. The summed E-state index contributed by atoms with van der Waals surface area (Å²) in [6.07, 6.45) is 0.245. The Morgan fingerprint density at radius 2 is 2.11 bits per heavy atom. The Labute approximate surface area is 160 Å². The molecule has 0 fully saturated rings. The van der Waals surface area contributed by atoms with Crippen LogP contribution in [0.4, 0.5) is 5.82 Å². The molecule has 3 aromatic rings. The predicted octanol–water partition coefficient (Wildman–Crippen LogP) is 1.84. The molecule has 0 saturated heterocycles. The number of carbonyl (C=O) groups is 1. The molecule has 0 unspecified atom stereocenters. The first-order chi connectivity index (χ1) is 13.5. The Morgan fingerprint density at radius 1 is 1.29 bits per heavy atom. The van der Waals surface area contributed by atoms with Crippen molar-refractivity contribution in [3.8, 4) is 17.3 Å². The van der Waals surface area contributed by atoms with Crippen molar-refractivity contribution in [3.05, 3.63) is 57.5 Å². The number of benzene rings is 1. The van der Waals surface area contributed by atoms with E-state index in [-0.39, 0.29) is 29.6 Å². The number of phenolic OH excluding ortho intramolecular Hbond substituents is 1. The third kappa shape index (κ3) is 3.00. The molecule has 0 saturated carbocycles. The Kier molecular flexibility index (Phi) is 4.34. The van der Waals surface area contributed by atoms with Gasteiger partial charge < -0.3 is 15.2 Å². The number of anilines is 1. The van der Waals surface area contributed by atoms with Crippen LogP contribution in [0.3, 0.4) is 0 Å². The number of aryl methyl sites for hydroxylation is 1. The number of hydrogen-bond donors (Lipinski definition) is 3. The number of nitrogens with one attached hydrogen (secondary N) is 2. The Morgan fingerprint density at radius 3 is 2.82 bits per heavy atom. The molecule has 0 bridgehead atoms. The van der Waals surface area contributed by atoms with Gasteiger partial charge in [0.15, 0.2) is 17.3 Å². The molecule has 1 aliphatic heterocycles. The van der Waals surface area contributed by atoms with Gasteiger partial charge in [-0.05, 0) is 37.6 Å². The number of phenols is 1. The minimum Gasteiger partial charge on any atom is -0.504 e. The van der Waals surface area contributed by atoms with E-state index in [1.54, 1.807) is 18.2 Å². The fraction of sp³-hybridized carbons (Fsp3) is 0.263. The molecule has 3 heterocycles. The first-order valence-corrected chi connectivity index (χ1v) is 8.89. The molecule has 4 rings (SSSR count). The van der Waals surface area contributed by atoms with E-state index in [1.165, 1.54) is 16.8 Å². The van der Waals surface area contributed by atoms with Crippen molar-refractivity contribution in [2.45, 2.75) is 26.2 Å². The van der Waals surface area contributed by atoms with E-state index < -0.39 is 0 Å². The number of ether oxygens (including phenoxy) is 1. The van der Waals surface area contributed by atoms with Crippen molar-refractivity contribution >= 4 is 11.7 Å². The van der Waals surface area contributed by atoms with Crippen LogP contribution in [0.25, 0.3) is 5.82 Å². The lowest BCUT2D eigenvalue weighted by atomic mass is 9.85. The SMILES string of the molecule is CCOc1cc([C@@H]2CC(=O)Nc3c2c(C)nn3-c2ccc(=O)[nH]n2)ccc1O. The average Bonchev–Trinajstić information content (AvgIpc) is 3.00. The Hall–Kier alpha value is -3.62. The van der Waals surface area contributed by atoms with E-state index in [9.17, 15) is 14.7 Å². The van der Waals surface area contributed by atoms with Gasteiger partial charge in [0, 0.05) is 24.0 Å². The van der Waals surface area contributed by atoms with Crippen molar-refractivity contribution in [3.63, 3.8) is 0 Å². The standard InChI is InChI=1S/C19H19N5O4/c1-3-28-14-8-11(4-5-13(14)25)12-9-17(27)20-19-18(12)10(2)23-24(19)15-6-7-16(26)22-21-15/h4-8,12,25H,3,9H2,1-2H3,(H,20,27)(H,22,26)/t12-/m0/s1. The second kappa shape index (κ2) is 6.84. The van der Waals surface area contributed by atoms with Gasteiger partial charge in [-0.25, -0.2) is 5.10 Å². The normalized spacial score (nSPS) is 15.8. The number of carbonyl (C=O) groups excluding carboxylic acids is 1. The molecule has 9 nitrogen and oxygen atoms in total. The maximum absolute atomic E-state index is 12.4. The summed E-state index contributed by atoms with van der Waals surface area (Å²) in [4.78, 5) is 23.7. The average molecular weight is 381 g/mol. The van der Waals surface area contributed by atoms with Gasteiger partial charge in [0.25, 0.3) is 5.56 Å². The highest BCUT2D eigenvalue weighted by atomic mass is 16.5. The van der Waals surface area contributed by atoms with Gasteiger partial charge in [0.1, 0.15) is 5.82 Å². The summed E-state index contributed by atoms with van der Waals surface area (Å²) in [5.74, 6) is 0.931. The number of hydrogen-bond acceptors (Lipinski definition) is 6. The molecule has 1 atom stereocenters. The van der Waals surface area contributed by atoms with Crippen LogP contribution in [-0.4, -0.2) is 37.6 Å². The monoisotopic (exact) mass is 381 g/mol. The van der Waals surface area contributed by atoms with Crippen molar-refractivity contribution in [1.29, 1.82) is 0 Å².